The minimum atomic E-state index is -1.14. The van der Waals surface area contributed by atoms with Crippen molar-refractivity contribution in [1.82, 2.24) is 26.6 Å². The first-order valence-corrected chi connectivity index (χ1v) is 39.6. The molecular weight excluding hydrogens is 1610 g/mol. The summed E-state index contributed by atoms with van der Waals surface area (Å²) in [7, 11) is 0. The molecule has 27 heteroatoms. The van der Waals surface area contributed by atoms with Crippen molar-refractivity contribution in [2.75, 3.05) is 26.6 Å². The molecule has 0 saturated heterocycles. The summed E-state index contributed by atoms with van der Waals surface area (Å²) in [5.41, 5.74) is 22.2. The molecule has 0 aliphatic heterocycles. The van der Waals surface area contributed by atoms with Crippen molar-refractivity contribution in [3.05, 3.63) is 303 Å². The van der Waals surface area contributed by atoms with Crippen LogP contribution in [-0.2, 0) is 0 Å². The highest BCUT2D eigenvalue weighted by atomic mass is 32.1. The normalized spacial score (nSPS) is 10.3. The van der Waals surface area contributed by atoms with E-state index in [9.17, 15) is 54.3 Å². The van der Waals surface area contributed by atoms with Gasteiger partial charge in [0.25, 0.3) is 29.5 Å². The number of aryl methyl sites for hydroxylation is 15. The van der Waals surface area contributed by atoms with Crippen LogP contribution in [-0.4, -0.2) is 91.7 Å². The number of fused-ring (bicyclic) bond motifs is 1. The number of hydrogen-bond acceptors (Lipinski definition) is 16. The minimum Gasteiger partial charge on any atom is -0.506 e. The van der Waals surface area contributed by atoms with Crippen molar-refractivity contribution in [1.29, 1.82) is 0 Å². The standard InChI is InChI=1S/C20H18N2O2S.2C19H22N2O2S.C18H20N2O2S.C17H16N2O4S/c1-12-9-13(2)11-15(10-12)19(24)22-20(25)21-17-8-7-14-5-3-4-6-16(14)18(17)23;1-10-6-11(2)8-15(7-10)18(23)21-19(24)20-17-14(5)13(4)12(3)9-16(17)22;1-10-6-11(2)8-15(7-10)18(23)21-19(24)20-16-13(4)9-12(3)14(5)17(16)22;1-10-5-11(2)8-14(7-10)17(22)20-18(23)19-16-13(4)6-12(3)9-15(16)21;1-9-5-10(2)7-12(6-9)15(21)19-17(24)18-13-8-11(16(22)23)3-4-14(13)20/h3-11,23H,1-2H3,(H2,21,22,24,25);2*6-9,22H,1-5H3,(H2,20,21,23,24);5-9,21H,1-4H3,(H2,19,20,22,23);3-8,20H,1-2H3,(H,22,23)(H2,18,19,21,24). The number of carbonyl (C=O) groups is 6. The number of anilines is 5. The second-order valence-corrected chi connectivity index (χ2v) is 31.4. The molecule has 120 heavy (non-hydrogen) atoms. The molecule has 0 fully saturated rings. The number of benzene rings is 11. The van der Waals surface area contributed by atoms with Gasteiger partial charge in [0.2, 0.25) is 0 Å². The van der Waals surface area contributed by atoms with Crippen LogP contribution in [0.1, 0.15) is 162 Å². The van der Waals surface area contributed by atoms with Crippen LogP contribution in [0.15, 0.2) is 170 Å². The van der Waals surface area contributed by atoms with Crippen molar-refractivity contribution < 1.29 is 59.4 Å². The summed E-state index contributed by atoms with van der Waals surface area (Å²) in [6.45, 7) is 34.5. The molecule has 0 atom stereocenters. The lowest BCUT2D eigenvalue weighted by Crippen LogP contribution is -2.34. The number of hydrogen-bond donors (Lipinski definition) is 16. The van der Waals surface area contributed by atoms with Crippen LogP contribution in [0, 0.1) is 125 Å². The number of phenolic OH excluding ortho intramolecular Hbond substituents is 5. The number of amides is 5. The monoisotopic (exact) mass is 1710 g/mol. The Morgan fingerprint density at radius 3 is 0.967 bits per heavy atom. The van der Waals surface area contributed by atoms with Crippen LogP contribution in [0.2, 0.25) is 0 Å². The van der Waals surface area contributed by atoms with Gasteiger partial charge in [0.1, 0.15) is 28.7 Å². The van der Waals surface area contributed by atoms with Gasteiger partial charge in [0, 0.05) is 33.2 Å². The number of aromatic carboxylic acids is 1. The zero-order valence-electron chi connectivity index (χ0n) is 69.8. The molecule has 0 radical (unpaired) electrons. The van der Waals surface area contributed by atoms with E-state index in [1.54, 1.807) is 54.6 Å². The third kappa shape index (κ3) is 27.3. The molecule has 0 bridgehead atoms. The highest BCUT2D eigenvalue weighted by Crippen LogP contribution is 2.36. The Morgan fingerprint density at radius 1 is 0.258 bits per heavy atom. The topological polar surface area (TPSA) is 344 Å². The van der Waals surface area contributed by atoms with Gasteiger partial charge in [-0.05, 0) is 333 Å². The first-order chi connectivity index (χ1) is 56.3. The Kier molecular flexibility index (Phi) is 33.2. The van der Waals surface area contributed by atoms with Gasteiger partial charge in [-0.1, -0.05) is 128 Å². The fourth-order valence-electron chi connectivity index (χ4n) is 12.8. The predicted octanol–water partition coefficient (Wildman–Crippen LogP) is 19.0. The van der Waals surface area contributed by atoms with E-state index in [4.69, 9.17) is 66.2 Å². The van der Waals surface area contributed by atoms with Gasteiger partial charge in [0.05, 0.1) is 34.0 Å². The number of carboxylic acids is 1. The average molecular weight is 1710 g/mol. The number of rotatable bonds is 11. The largest absolute Gasteiger partial charge is 0.506 e. The van der Waals surface area contributed by atoms with Crippen molar-refractivity contribution in [2.45, 2.75) is 125 Å². The molecule has 0 spiro atoms. The molecule has 0 saturated carbocycles. The number of thiocarbonyl (C=S) groups is 5. The minimum absolute atomic E-state index is 0.0151. The van der Waals surface area contributed by atoms with Crippen LogP contribution in [0.4, 0.5) is 28.4 Å². The number of phenols is 5. The summed E-state index contributed by atoms with van der Waals surface area (Å²) < 4.78 is 0. The Bertz CT molecular complexity index is 5640. The Balaban J connectivity index is 0.000000207. The highest BCUT2D eigenvalue weighted by molar-refractivity contribution is 7.81. The van der Waals surface area contributed by atoms with Gasteiger partial charge in [-0.15, -0.1) is 0 Å². The molecule has 0 aromatic heterocycles. The van der Waals surface area contributed by atoms with E-state index in [0.29, 0.717) is 50.6 Å². The lowest BCUT2D eigenvalue weighted by Gasteiger charge is -2.16. The summed E-state index contributed by atoms with van der Waals surface area (Å²) >= 11 is 25.9. The predicted molar refractivity (Wildman–Crippen MR) is 501 cm³/mol. The Hall–Kier alpha value is -13.1. The van der Waals surface area contributed by atoms with Crippen LogP contribution < -0.4 is 53.2 Å². The third-order valence-electron chi connectivity index (χ3n) is 18.5. The molecule has 22 nitrogen and oxygen atoms in total. The molecule has 0 aliphatic rings. The third-order valence-corrected chi connectivity index (χ3v) is 19.5. The van der Waals surface area contributed by atoms with E-state index >= 15 is 0 Å². The van der Waals surface area contributed by atoms with Crippen LogP contribution in [0.5, 0.6) is 28.7 Å². The second kappa shape index (κ2) is 42.4. The number of aromatic hydroxyl groups is 5. The summed E-state index contributed by atoms with van der Waals surface area (Å²) in [6, 6.07) is 49.9. The average Bonchev–Trinajstić information content (AvgIpc) is 0.814. The van der Waals surface area contributed by atoms with E-state index in [1.165, 1.54) is 18.2 Å². The maximum Gasteiger partial charge on any atom is 0.335 e. The fraction of sp³-hybridized carbons (Fsp3) is 0.194. The highest BCUT2D eigenvalue weighted by Gasteiger charge is 2.20. The smallest absolute Gasteiger partial charge is 0.335 e. The van der Waals surface area contributed by atoms with E-state index in [0.717, 1.165) is 111 Å². The van der Waals surface area contributed by atoms with Gasteiger partial charge in [-0.2, -0.15) is 0 Å². The van der Waals surface area contributed by atoms with Gasteiger partial charge < -0.3 is 57.2 Å². The van der Waals surface area contributed by atoms with Crippen molar-refractivity contribution in [3.8, 4) is 28.7 Å². The molecule has 16 N–H and O–H groups in total. The first kappa shape index (κ1) is 94.1. The zero-order valence-corrected chi connectivity index (χ0v) is 73.9. The van der Waals surface area contributed by atoms with E-state index in [-0.39, 0.29) is 89.2 Å². The molecule has 622 valence electrons. The second-order valence-electron chi connectivity index (χ2n) is 29.3. The molecule has 11 aromatic carbocycles. The molecule has 0 unspecified atom stereocenters. The van der Waals surface area contributed by atoms with Crippen molar-refractivity contribution in [2.24, 2.45) is 0 Å². The summed E-state index contributed by atoms with van der Waals surface area (Å²) in [4.78, 5) is 72.5. The SMILES string of the molecule is Cc1cc(C)cc(C(=O)NC(=S)Nc2c(C)cc(C)c(C)c2O)c1.Cc1cc(C)cc(C(=O)NC(=S)Nc2c(C)cc(C)cc2O)c1.Cc1cc(C)cc(C(=O)NC(=S)Nc2c(O)cc(C)c(C)c2C)c1.Cc1cc(C)cc(C(=O)NC(=S)Nc2cc(C(=O)O)ccc2O)c1.Cc1cc(C)cc(C(=O)NC(=S)Nc2ccc3ccccc3c2O)c1. The van der Waals surface area contributed by atoms with Gasteiger partial charge in [-0.25, -0.2) is 4.79 Å². The molecule has 0 aliphatic carbocycles. The lowest BCUT2D eigenvalue weighted by molar-refractivity contribution is 0.0695. The molecular formula is C93H98N10O12S5. The summed E-state index contributed by atoms with van der Waals surface area (Å²) in [5, 5.41) is 89.1. The van der Waals surface area contributed by atoms with Gasteiger partial charge in [0.15, 0.2) is 25.6 Å². The van der Waals surface area contributed by atoms with Gasteiger partial charge >= 0.3 is 5.97 Å². The van der Waals surface area contributed by atoms with Crippen LogP contribution in [0.3, 0.4) is 0 Å². The quantitative estimate of drug-likeness (QED) is 0.0422. The van der Waals surface area contributed by atoms with Crippen molar-refractivity contribution in [3.63, 3.8) is 0 Å². The molecule has 5 amide bonds. The summed E-state index contributed by atoms with van der Waals surface area (Å²) in [6.07, 6.45) is 0. The molecule has 11 rings (SSSR count). The maximum atomic E-state index is 12.3. The lowest BCUT2D eigenvalue weighted by atomic mass is 10.0. The number of carbonyl (C=O) groups excluding carboxylic acids is 5. The molecule has 0 heterocycles. The number of nitrogens with one attached hydrogen (secondary N) is 10. The van der Waals surface area contributed by atoms with Crippen LogP contribution in [0.25, 0.3) is 10.8 Å². The van der Waals surface area contributed by atoms with E-state index in [1.807, 2.05) is 222 Å². The van der Waals surface area contributed by atoms with E-state index in [2.05, 4.69) is 53.2 Å². The van der Waals surface area contributed by atoms with Crippen molar-refractivity contribution >= 4 is 161 Å². The van der Waals surface area contributed by atoms with Gasteiger partial charge in [-0.3, -0.25) is 50.6 Å². The Morgan fingerprint density at radius 2 is 0.583 bits per heavy atom. The summed E-state index contributed by atoms with van der Waals surface area (Å²) in [5.74, 6) is -2.37. The Labute approximate surface area is 725 Å². The first-order valence-electron chi connectivity index (χ1n) is 37.5. The van der Waals surface area contributed by atoms with Crippen LogP contribution >= 0.6 is 61.1 Å². The van der Waals surface area contributed by atoms with E-state index < -0.39 is 11.9 Å². The maximum absolute atomic E-state index is 12.3. The fourth-order valence-corrected chi connectivity index (χ4v) is 13.8. The number of carboxylic acid groups (broad SMARTS) is 1. The molecule has 11 aromatic rings. The zero-order chi connectivity index (χ0) is 89.0.